The SMILES string of the molecule is Cc1cccc(CC(=O)N2CC[C@@H](c3nn(CCN)c4nccnc34)C2)c1. The van der Waals surface area contributed by atoms with Crippen molar-refractivity contribution in [3.63, 3.8) is 0 Å². The predicted molar refractivity (Wildman–Crippen MR) is 103 cm³/mol. The molecule has 3 heterocycles. The fourth-order valence-corrected chi connectivity index (χ4v) is 3.80. The fourth-order valence-electron chi connectivity index (χ4n) is 3.80. The van der Waals surface area contributed by atoms with Gasteiger partial charge in [0.15, 0.2) is 5.65 Å². The summed E-state index contributed by atoms with van der Waals surface area (Å²) in [5, 5.41) is 4.72. The molecular formula is C20H24N6O. The van der Waals surface area contributed by atoms with Crippen LogP contribution in [0.4, 0.5) is 0 Å². The number of hydrogen-bond donors (Lipinski definition) is 1. The minimum atomic E-state index is 0.167. The first-order chi connectivity index (χ1) is 13.2. The largest absolute Gasteiger partial charge is 0.342 e. The van der Waals surface area contributed by atoms with Gasteiger partial charge >= 0.3 is 0 Å². The van der Waals surface area contributed by atoms with Gasteiger partial charge in [0.1, 0.15) is 5.52 Å². The second kappa shape index (κ2) is 7.44. The number of carbonyl (C=O) groups is 1. The lowest BCUT2D eigenvalue weighted by atomic mass is 10.0. The summed E-state index contributed by atoms with van der Waals surface area (Å²) in [6.45, 7) is 4.58. The minimum absolute atomic E-state index is 0.167. The molecule has 0 unspecified atom stereocenters. The Hall–Kier alpha value is -2.80. The van der Waals surface area contributed by atoms with Crippen molar-refractivity contribution in [2.24, 2.45) is 5.73 Å². The number of aromatic nitrogens is 4. The summed E-state index contributed by atoms with van der Waals surface area (Å²) >= 11 is 0. The monoisotopic (exact) mass is 364 g/mol. The molecule has 3 aromatic rings. The van der Waals surface area contributed by atoms with Gasteiger partial charge in [-0.25, -0.2) is 14.6 Å². The third-order valence-corrected chi connectivity index (χ3v) is 5.10. The summed E-state index contributed by atoms with van der Waals surface area (Å²) < 4.78 is 1.83. The summed E-state index contributed by atoms with van der Waals surface area (Å²) in [6, 6.07) is 8.13. The Morgan fingerprint density at radius 1 is 1.30 bits per heavy atom. The number of nitrogens with zero attached hydrogens (tertiary/aromatic N) is 5. The highest BCUT2D eigenvalue weighted by atomic mass is 16.2. The zero-order chi connectivity index (χ0) is 18.8. The Balaban J connectivity index is 1.51. The zero-order valence-corrected chi connectivity index (χ0v) is 15.5. The molecule has 0 aliphatic carbocycles. The van der Waals surface area contributed by atoms with Gasteiger partial charge < -0.3 is 10.6 Å². The Morgan fingerprint density at radius 3 is 2.96 bits per heavy atom. The van der Waals surface area contributed by atoms with Crippen LogP contribution in [0.15, 0.2) is 36.7 Å². The molecule has 2 aromatic heterocycles. The first-order valence-electron chi connectivity index (χ1n) is 9.36. The van der Waals surface area contributed by atoms with E-state index in [0.717, 1.165) is 35.4 Å². The van der Waals surface area contributed by atoms with Crippen LogP contribution in [0.1, 0.15) is 29.2 Å². The molecule has 27 heavy (non-hydrogen) atoms. The molecule has 1 aliphatic heterocycles. The second-order valence-corrected chi connectivity index (χ2v) is 7.12. The number of hydrogen-bond acceptors (Lipinski definition) is 5. The molecule has 4 rings (SSSR count). The fraction of sp³-hybridized carbons (Fsp3) is 0.400. The summed E-state index contributed by atoms with van der Waals surface area (Å²) in [5.74, 6) is 0.351. The second-order valence-electron chi connectivity index (χ2n) is 7.12. The maximum atomic E-state index is 12.7. The van der Waals surface area contributed by atoms with E-state index >= 15 is 0 Å². The molecule has 0 spiro atoms. The number of nitrogens with two attached hydrogens (primary N) is 1. The molecule has 0 bridgehead atoms. The first-order valence-corrected chi connectivity index (χ1v) is 9.36. The third kappa shape index (κ3) is 3.55. The predicted octanol–water partition coefficient (Wildman–Crippen LogP) is 1.65. The van der Waals surface area contributed by atoms with Gasteiger partial charge in [-0.1, -0.05) is 29.8 Å². The Labute approximate surface area is 158 Å². The highest BCUT2D eigenvalue weighted by Gasteiger charge is 2.31. The molecule has 1 saturated heterocycles. The molecule has 140 valence electrons. The summed E-state index contributed by atoms with van der Waals surface area (Å²) in [6.07, 6.45) is 4.70. The van der Waals surface area contributed by atoms with E-state index in [1.54, 1.807) is 12.4 Å². The van der Waals surface area contributed by atoms with E-state index in [0.29, 0.717) is 26.1 Å². The van der Waals surface area contributed by atoms with E-state index in [-0.39, 0.29) is 11.8 Å². The molecule has 7 nitrogen and oxygen atoms in total. The first kappa shape index (κ1) is 17.6. The number of amides is 1. The van der Waals surface area contributed by atoms with Gasteiger partial charge in [-0.05, 0) is 18.9 Å². The van der Waals surface area contributed by atoms with Gasteiger partial charge in [-0.2, -0.15) is 5.10 Å². The standard InChI is InChI=1S/C20H24N6O/c1-14-3-2-4-15(11-14)12-17(27)25-9-5-16(13-25)18-19-20(23-8-7-22-19)26(24-18)10-6-21/h2-4,7-8,11,16H,5-6,9-10,12-13,21H2,1H3/t16-/m1/s1. The Morgan fingerprint density at radius 2 is 2.15 bits per heavy atom. The van der Waals surface area contributed by atoms with Crippen molar-refractivity contribution in [1.29, 1.82) is 0 Å². The van der Waals surface area contributed by atoms with Crippen LogP contribution < -0.4 is 5.73 Å². The van der Waals surface area contributed by atoms with E-state index in [2.05, 4.69) is 16.0 Å². The molecule has 2 N–H and O–H groups in total. The number of carbonyl (C=O) groups excluding carboxylic acids is 1. The van der Waals surface area contributed by atoms with Gasteiger partial charge in [-0.15, -0.1) is 0 Å². The topological polar surface area (TPSA) is 89.9 Å². The minimum Gasteiger partial charge on any atom is -0.342 e. The van der Waals surface area contributed by atoms with Crippen molar-refractivity contribution in [3.05, 3.63) is 53.5 Å². The lowest BCUT2D eigenvalue weighted by Crippen LogP contribution is -2.30. The van der Waals surface area contributed by atoms with Crippen molar-refractivity contribution in [3.8, 4) is 0 Å². The van der Waals surface area contributed by atoms with Crippen molar-refractivity contribution in [2.45, 2.75) is 32.2 Å². The van der Waals surface area contributed by atoms with Gasteiger partial charge in [0, 0.05) is 37.9 Å². The van der Waals surface area contributed by atoms with Crippen molar-refractivity contribution in [2.75, 3.05) is 19.6 Å². The van der Waals surface area contributed by atoms with Crippen LogP contribution in [0, 0.1) is 6.92 Å². The molecule has 1 atom stereocenters. The zero-order valence-electron chi connectivity index (χ0n) is 15.5. The smallest absolute Gasteiger partial charge is 0.227 e. The van der Waals surface area contributed by atoms with Crippen LogP contribution in [0.2, 0.25) is 0 Å². The van der Waals surface area contributed by atoms with Gasteiger partial charge in [-0.3, -0.25) is 4.79 Å². The Kier molecular flexibility index (Phi) is 4.85. The molecule has 1 aromatic carbocycles. The molecule has 1 aliphatic rings. The maximum absolute atomic E-state index is 12.7. The lowest BCUT2D eigenvalue weighted by Gasteiger charge is -2.16. The summed E-state index contributed by atoms with van der Waals surface area (Å²) in [4.78, 5) is 23.6. The normalized spacial score (nSPS) is 17.0. The molecular weight excluding hydrogens is 340 g/mol. The van der Waals surface area contributed by atoms with Crippen molar-refractivity contribution < 1.29 is 4.79 Å². The molecule has 7 heteroatoms. The lowest BCUT2D eigenvalue weighted by molar-refractivity contribution is -0.129. The van der Waals surface area contributed by atoms with E-state index in [1.165, 1.54) is 5.56 Å². The average Bonchev–Trinajstić information content (AvgIpc) is 3.28. The molecule has 1 fully saturated rings. The van der Waals surface area contributed by atoms with Gasteiger partial charge in [0.05, 0.1) is 18.7 Å². The highest BCUT2D eigenvalue weighted by molar-refractivity contribution is 5.79. The maximum Gasteiger partial charge on any atom is 0.227 e. The van der Waals surface area contributed by atoms with E-state index in [4.69, 9.17) is 10.8 Å². The van der Waals surface area contributed by atoms with Gasteiger partial charge in [0.25, 0.3) is 0 Å². The summed E-state index contributed by atoms with van der Waals surface area (Å²) in [5.41, 5.74) is 10.5. The highest BCUT2D eigenvalue weighted by Crippen LogP contribution is 2.30. The number of benzene rings is 1. The number of likely N-dealkylation sites (tertiary alicyclic amines) is 1. The molecule has 1 amide bonds. The Bertz CT molecular complexity index is 966. The average molecular weight is 364 g/mol. The third-order valence-electron chi connectivity index (χ3n) is 5.10. The van der Waals surface area contributed by atoms with Crippen LogP contribution in [0.3, 0.4) is 0 Å². The van der Waals surface area contributed by atoms with Crippen molar-refractivity contribution >= 4 is 17.1 Å². The van der Waals surface area contributed by atoms with Crippen molar-refractivity contribution in [1.82, 2.24) is 24.6 Å². The summed E-state index contributed by atoms with van der Waals surface area (Å²) in [7, 11) is 0. The van der Waals surface area contributed by atoms with Crippen LogP contribution >= 0.6 is 0 Å². The van der Waals surface area contributed by atoms with E-state index in [1.807, 2.05) is 34.7 Å². The number of rotatable bonds is 5. The van der Waals surface area contributed by atoms with Crippen LogP contribution in [-0.4, -0.2) is 50.2 Å². The number of aryl methyl sites for hydroxylation is 1. The van der Waals surface area contributed by atoms with E-state index in [9.17, 15) is 4.79 Å². The quantitative estimate of drug-likeness (QED) is 0.743. The van der Waals surface area contributed by atoms with Crippen LogP contribution in [0.25, 0.3) is 11.2 Å². The van der Waals surface area contributed by atoms with Crippen LogP contribution in [-0.2, 0) is 17.8 Å². The molecule has 0 saturated carbocycles. The van der Waals surface area contributed by atoms with E-state index < -0.39 is 0 Å². The molecule has 0 radical (unpaired) electrons. The number of fused-ring (bicyclic) bond motifs is 1. The van der Waals surface area contributed by atoms with Crippen LogP contribution in [0.5, 0.6) is 0 Å². The van der Waals surface area contributed by atoms with Gasteiger partial charge in [0.2, 0.25) is 5.91 Å².